The lowest BCUT2D eigenvalue weighted by molar-refractivity contribution is -0.137. The highest BCUT2D eigenvalue weighted by atomic mass is 19.4. The fraction of sp³-hybridized carbons (Fsp3) is 0.0667. The molecule has 0 unspecified atom stereocenters. The predicted molar refractivity (Wildman–Crippen MR) is 68.4 cm³/mol. The maximum Gasteiger partial charge on any atom is 0.416 e. The van der Waals surface area contributed by atoms with Gasteiger partial charge in [-0.3, -0.25) is 0 Å². The van der Waals surface area contributed by atoms with E-state index >= 15 is 0 Å². The Morgan fingerprint density at radius 2 is 1.62 bits per heavy atom. The third-order valence-electron chi connectivity index (χ3n) is 2.69. The lowest BCUT2D eigenvalue weighted by Gasteiger charge is -2.08. The van der Waals surface area contributed by atoms with Crippen molar-refractivity contribution in [1.29, 1.82) is 0 Å². The minimum Gasteiger partial charge on any atom is -0.508 e. The summed E-state index contributed by atoms with van der Waals surface area (Å²) in [6.07, 6.45) is -2.20. The van der Waals surface area contributed by atoms with E-state index in [1.54, 1.807) is 0 Å². The second kappa shape index (κ2) is 5.55. The van der Waals surface area contributed by atoms with Crippen LogP contribution in [0.25, 0.3) is 12.2 Å². The second-order valence-electron chi connectivity index (χ2n) is 4.31. The van der Waals surface area contributed by atoms with Gasteiger partial charge in [-0.15, -0.1) is 0 Å². The first-order valence-corrected chi connectivity index (χ1v) is 5.80. The Kier molecular flexibility index (Phi) is 3.97. The molecule has 0 aliphatic heterocycles. The molecule has 0 aliphatic rings. The van der Waals surface area contributed by atoms with Crippen molar-refractivity contribution in [1.82, 2.24) is 0 Å². The zero-order valence-corrected chi connectivity index (χ0v) is 10.5. The maximum atomic E-state index is 13.4. The quantitative estimate of drug-likeness (QED) is 0.620. The van der Waals surface area contributed by atoms with Crippen molar-refractivity contribution in [2.75, 3.05) is 0 Å². The van der Waals surface area contributed by atoms with Gasteiger partial charge >= 0.3 is 6.18 Å². The van der Waals surface area contributed by atoms with Gasteiger partial charge in [-0.2, -0.15) is 13.2 Å². The Morgan fingerprint density at radius 3 is 2.24 bits per heavy atom. The van der Waals surface area contributed by atoms with Crippen molar-refractivity contribution >= 4 is 12.2 Å². The van der Waals surface area contributed by atoms with Crippen molar-refractivity contribution in [3.05, 3.63) is 64.7 Å². The van der Waals surface area contributed by atoms with E-state index in [4.69, 9.17) is 0 Å². The summed E-state index contributed by atoms with van der Waals surface area (Å²) in [6, 6.07) is 5.38. The van der Waals surface area contributed by atoms with Crippen LogP contribution in [0.3, 0.4) is 0 Å². The van der Waals surface area contributed by atoms with Gasteiger partial charge in [0.2, 0.25) is 0 Å². The summed E-state index contributed by atoms with van der Waals surface area (Å²) in [7, 11) is 0. The molecule has 0 spiro atoms. The number of phenols is 1. The predicted octanol–water partition coefficient (Wildman–Crippen LogP) is 4.86. The van der Waals surface area contributed by atoms with Crippen LogP contribution in [-0.4, -0.2) is 5.11 Å². The molecule has 0 atom stereocenters. The number of hydrogen-bond donors (Lipinski definition) is 1. The molecule has 0 aromatic heterocycles. The van der Waals surface area contributed by atoms with Crippen LogP contribution >= 0.6 is 0 Å². The fourth-order valence-electron chi connectivity index (χ4n) is 1.72. The Balaban J connectivity index is 2.35. The Hall–Kier alpha value is -2.37. The van der Waals surface area contributed by atoms with Crippen LogP contribution in [0, 0.1) is 11.6 Å². The zero-order chi connectivity index (χ0) is 15.6. The standard InChI is InChI=1S/C15H9F5O/c16-12-4-3-10(14(17)8-12)2-1-9-5-11(15(18,19)20)7-13(21)6-9/h1-8,21H/b2-1+. The van der Waals surface area contributed by atoms with Crippen molar-refractivity contribution in [3.8, 4) is 5.75 Å². The number of alkyl halides is 3. The van der Waals surface area contributed by atoms with E-state index in [1.807, 2.05) is 0 Å². The van der Waals surface area contributed by atoms with Crippen molar-refractivity contribution in [2.45, 2.75) is 6.18 Å². The van der Waals surface area contributed by atoms with Gasteiger partial charge in [-0.05, 0) is 35.9 Å². The van der Waals surface area contributed by atoms with E-state index in [1.165, 1.54) is 12.2 Å². The minimum absolute atomic E-state index is 0.0216. The molecule has 0 fully saturated rings. The summed E-state index contributed by atoms with van der Waals surface area (Å²) in [5, 5.41) is 9.29. The summed E-state index contributed by atoms with van der Waals surface area (Å²) in [4.78, 5) is 0. The Labute approximate surface area is 117 Å². The van der Waals surface area contributed by atoms with E-state index in [0.717, 1.165) is 24.3 Å². The molecule has 2 rings (SSSR count). The van der Waals surface area contributed by atoms with Gasteiger partial charge in [0.25, 0.3) is 0 Å². The van der Waals surface area contributed by atoms with E-state index in [-0.39, 0.29) is 11.1 Å². The van der Waals surface area contributed by atoms with Crippen molar-refractivity contribution in [3.63, 3.8) is 0 Å². The zero-order valence-electron chi connectivity index (χ0n) is 10.5. The number of aromatic hydroxyl groups is 1. The van der Waals surface area contributed by atoms with Gasteiger partial charge in [0, 0.05) is 11.6 Å². The fourth-order valence-corrected chi connectivity index (χ4v) is 1.72. The molecule has 110 valence electrons. The van der Waals surface area contributed by atoms with Gasteiger partial charge < -0.3 is 5.11 Å². The molecule has 0 radical (unpaired) electrons. The lowest BCUT2D eigenvalue weighted by atomic mass is 10.1. The first kappa shape index (κ1) is 15.0. The number of rotatable bonds is 2. The molecule has 0 saturated carbocycles. The Bertz CT molecular complexity index is 689. The molecule has 0 amide bonds. The van der Waals surface area contributed by atoms with Crippen LogP contribution in [-0.2, 0) is 6.18 Å². The molecular formula is C15H9F5O. The lowest BCUT2D eigenvalue weighted by Crippen LogP contribution is -2.04. The van der Waals surface area contributed by atoms with Crippen molar-refractivity contribution < 1.29 is 27.1 Å². The van der Waals surface area contributed by atoms with Crippen LogP contribution in [0.1, 0.15) is 16.7 Å². The molecule has 6 heteroatoms. The van der Waals surface area contributed by atoms with Crippen LogP contribution in [0.15, 0.2) is 36.4 Å². The number of benzene rings is 2. The molecule has 2 aromatic rings. The molecule has 1 N–H and O–H groups in total. The number of hydrogen-bond acceptors (Lipinski definition) is 1. The summed E-state index contributed by atoms with van der Waals surface area (Å²) >= 11 is 0. The smallest absolute Gasteiger partial charge is 0.416 e. The monoisotopic (exact) mass is 300 g/mol. The van der Waals surface area contributed by atoms with Gasteiger partial charge in [0.15, 0.2) is 0 Å². The second-order valence-corrected chi connectivity index (χ2v) is 4.31. The third kappa shape index (κ3) is 3.81. The molecule has 0 bridgehead atoms. The topological polar surface area (TPSA) is 20.2 Å². The Morgan fingerprint density at radius 1 is 0.905 bits per heavy atom. The van der Waals surface area contributed by atoms with Gasteiger partial charge in [-0.1, -0.05) is 12.2 Å². The van der Waals surface area contributed by atoms with E-state index in [2.05, 4.69) is 0 Å². The largest absolute Gasteiger partial charge is 0.508 e. The van der Waals surface area contributed by atoms with Gasteiger partial charge in [0.05, 0.1) is 5.56 Å². The van der Waals surface area contributed by atoms with Gasteiger partial charge in [0.1, 0.15) is 17.4 Å². The maximum absolute atomic E-state index is 13.4. The van der Waals surface area contributed by atoms with Gasteiger partial charge in [-0.25, -0.2) is 8.78 Å². The van der Waals surface area contributed by atoms with Crippen LogP contribution in [0.5, 0.6) is 5.75 Å². The highest BCUT2D eigenvalue weighted by Crippen LogP contribution is 2.32. The first-order chi connectivity index (χ1) is 9.75. The third-order valence-corrected chi connectivity index (χ3v) is 2.69. The summed E-state index contributed by atoms with van der Waals surface area (Å²) in [6.45, 7) is 0. The molecule has 0 saturated heterocycles. The molecule has 1 nitrogen and oxygen atoms in total. The van der Waals surface area contributed by atoms with E-state index < -0.39 is 29.1 Å². The normalized spacial score (nSPS) is 12.0. The molecule has 2 aromatic carbocycles. The summed E-state index contributed by atoms with van der Waals surface area (Å²) < 4.78 is 63.9. The summed E-state index contributed by atoms with van der Waals surface area (Å²) in [5.74, 6) is -2.13. The van der Waals surface area contributed by atoms with Crippen LogP contribution in [0.4, 0.5) is 22.0 Å². The molecule has 0 aliphatic carbocycles. The molecule has 21 heavy (non-hydrogen) atoms. The average Bonchev–Trinajstić information content (AvgIpc) is 2.36. The van der Waals surface area contributed by atoms with E-state index in [0.29, 0.717) is 12.1 Å². The number of halogens is 5. The average molecular weight is 300 g/mol. The first-order valence-electron chi connectivity index (χ1n) is 5.80. The van der Waals surface area contributed by atoms with E-state index in [9.17, 15) is 27.1 Å². The minimum atomic E-state index is -4.59. The van der Waals surface area contributed by atoms with Crippen LogP contribution in [0.2, 0.25) is 0 Å². The van der Waals surface area contributed by atoms with Crippen molar-refractivity contribution in [2.24, 2.45) is 0 Å². The SMILES string of the molecule is Oc1cc(/C=C/c2ccc(F)cc2F)cc(C(F)(F)F)c1. The number of phenolic OH excluding ortho intramolecular Hbond substituents is 1. The van der Waals surface area contributed by atoms with Crippen LogP contribution < -0.4 is 0 Å². The summed E-state index contributed by atoms with van der Waals surface area (Å²) in [5.41, 5.74) is -0.943. The molecule has 0 heterocycles. The highest BCUT2D eigenvalue weighted by molar-refractivity contribution is 5.70. The molecular weight excluding hydrogens is 291 g/mol. The highest BCUT2D eigenvalue weighted by Gasteiger charge is 2.31.